The Morgan fingerprint density at radius 2 is 2.06 bits per heavy atom. The number of aldehydes is 1. The van der Waals surface area contributed by atoms with Crippen LogP contribution in [0.15, 0.2) is 24.3 Å². The van der Waals surface area contributed by atoms with E-state index >= 15 is 0 Å². The van der Waals surface area contributed by atoms with Gasteiger partial charge in [0.1, 0.15) is 6.29 Å². The molecule has 5 atom stereocenters. The van der Waals surface area contributed by atoms with Gasteiger partial charge >= 0.3 is 6.09 Å². The molecular weight excluding hydrogens is 470 g/mol. The molecule has 3 rings (SSSR count). The standard InChI is InChI=1S/C26H36ClN3O5/c1-16(2)11-23(25(33)29-21(15-31)14-19-9-10-28-24(19)32)35-26(34)30-22-8-4-6-18(22)12-17-5-3-7-20(27)13-17/h3,5,7,13,15-16,18-19,21-23H,4,6,8-12,14H2,1-2H3,(H,28,32)(H,29,33)(H,30,34)/t18?,19-,21-,22?,23-/m0/s1. The maximum Gasteiger partial charge on any atom is 0.408 e. The molecule has 3 N–H and O–H groups in total. The zero-order chi connectivity index (χ0) is 25.4. The van der Waals surface area contributed by atoms with E-state index in [2.05, 4.69) is 16.0 Å². The topological polar surface area (TPSA) is 114 Å². The summed E-state index contributed by atoms with van der Waals surface area (Å²) in [6, 6.07) is 6.87. The van der Waals surface area contributed by atoms with Gasteiger partial charge in [-0.15, -0.1) is 0 Å². The number of nitrogens with one attached hydrogen (secondary N) is 3. The Morgan fingerprint density at radius 1 is 1.26 bits per heavy atom. The summed E-state index contributed by atoms with van der Waals surface area (Å²) in [7, 11) is 0. The second-order valence-electron chi connectivity index (χ2n) is 10.1. The summed E-state index contributed by atoms with van der Waals surface area (Å²) < 4.78 is 5.56. The van der Waals surface area contributed by atoms with Gasteiger partial charge in [-0.05, 0) is 68.1 Å². The van der Waals surface area contributed by atoms with Gasteiger partial charge in [0.05, 0.1) is 6.04 Å². The van der Waals surface area contributed by atoms with Crippen molar-refractivity contribution in [2.45, 2.75) is 77.0 Å². The lowest BCUT2D eigenvalue weighted by atomic mass is 9.95. The highest BCUT2D eigenvalue weighted by atomic mass is 35.5. The van der Waals surface area contributed by atoms with Crippen molar-refractivity contribution in [2.24, 2.45) is 17.8 Å². The molecule has 2 fully saturated rings. The van der Waals surface area contributed by atoms with Gasteiger partial charge in [0, 0.05) is 23.5 Å². The van der Waals surface area contributed by atoms with Gasteiger partial charge in [0.2, 0.25) is 5.91 Å². The van der Waals surface area contributed by atoms with E-state index in [1.807, 2.05) is 38.1 Å². The molecule has 1 aliphatic heterocycles. The van der Waals surface area contributed by atoms with Crippen molar-refractivity contribution in [1.82, 2.24) is 16.0 Å². The van der Waals surface area contributed by atoms with Gasteiger partial charge in [-0.1, -0.05) is 44.0 Å². The van der Waals surface area contributed by atoms with Gasteiger partial charge in [-0.2, -0.15) is 0 Å². The number of ether oxygens (including phenoxy) is 1. The number of carbonyl (C=O) groups excluding carboxylic acids is 4. The number of hydrogen-bond acceptors (Lipinski definition) is 5. The Kier molecular flexibility index (Phi) is 9.95. The minimum atomic E-state index is -1.03. The molecule has 2 unspecified atom stereocenters. The minimum Gasteiger partial charge on any atom is -0.436 e. The summed E-state index contributed by atoms with van der Waals surface area (Å²) in [5, 5.41) is 9.04. The highest BCUT2D eigenvalue weighted by Gasteiger charge is 2.33. The number of halogens is 1. The second-order valence-corrected chi connectivity index (χ2v) is 10.5. The summed E-state index contributed by atoms with van der Waals surface area (Å²) in [6.07, 6.45) is 3.80. The SMILES string of the molecule is CC(C)C[C@H](OC(=O)NC1CCCC1Cc1cccc(Cl)c1)C(=O)N[C@H](C=O)C[C@@H]1CCNC1=O. The van der Waals surface area contributed by atoms with Crippen LogP contribution in [-0.2, 0) is 25.5 Å². The monoisotopic (exact) mass is 505 g/mol. The van der Waals surface area contributed by atoms with Crippen LogP contribution in [0, 0.1) is 17.8 Å². The van der Waals surface area contributed by atoms with Gasteiger partial charge in [0.25, 0.3) is 5.91 Å². The molecule has 1 aromatic rings. The van der Waals surface area contributed by atoms with E-state index in [0.717, 1.165) is 31.2 Å². The minimum absolute atomic E-state index is 0.0483. The third kappa shape index (κ3) is 8.23. The first kappa shape index (κ1) is 27.0. The van der Waals surface area contributed by atoms with Crippen LogP contribution in [0.25, 0.3) is 0 Å². The van der Waals surface area contributed by atoms with E-state index in [-0.39, 0.29) is 36.1 Å². The number of alkyl carbamates (subject to hydrolysis) is 1. The summed E-state index contributed by atoms with van der Waals surface area (Å²) >= 11 is 6.11. The maximum atomic E-state index is 12.9. The summed E-state index contributed by atoms with van der Waals surface area (Å²) in [4.78, 5) is 49.1. The summed E-state index contributed by atoms with van der Waals surface area (Å²) in [5.74, 6) is -0.584. The van der Waals surface area contributed by atoms with Crippen LogP contribution in [0.4, 0.5) is 4.79 Å². The predicted octanol–water partition coefficient (Wildman–Crippen LogP) is 3.40. The lowest BCUT2D eigenvalue weighted by molar-refractivity contribution is -0.133. The van der Waals surface area contributed by atoms with Crippen molar-refractivity contribution in [3.63, 3.8) is 0 Å². The molecule has 3 amide bonds. The third-order valence-corrected chi connectivity index (χ3v) is 7.00. The smallest absolute Gasteiger partial charge is 0.408 e. The van der Waals surface area contributed by atoms with Crippen molar-refractivity contribution in [1.29, 1.82) is 0 Å². The number of benzene rings is 1. The molecular formula is C26H36ClN3O5. The van der Waals surface area contributed by atoms with Gasteiger partial charge < -0.3 is 25.5 Å². The van der Waals surface area contributed by atoms with Crippen LogP contribution < -0.4 is 16.0 Å². The molecule has 9 heteroatoms. The molecule has 0 radical (unpaired) electrons. The maximum absolute atomic E-state index is 12.9. The summed E-state index contributed by atoms with van der Waals surface area (Å²) in [5.41, 5.74) is 1.12. The molecule has 1 saturated carbocycles. The molecule has 35 heavy (non-hydrogen) atoms. The van der Waals surface area contributed by atoms with Crippen LogP contribution in [0.2, 0.25) is 5.02 Å². The Morgan fingerprint density at radius 3 is 2.71 bits per heavy atom. The van der Waals surface area contributed by atoms with Crippen LogP contribution >= 0.6 is 11.6 Å². The molecule has 1 aliphatic carbocycles. The number of hydrogen-bond donors (Lipinski definition) is 3. The molecule has 1 aromatic carbocycles. The Labute approximate surface area is 211 Å². The largest absolute Gasteiger partial charge is 0.436 e. The molecule has 1 heterocycles. The second kappa shape index (κ2) is 12.9. The van der Waals surface area contributed by atoms with E-state index in [0.29, 0.717) is 30.7 Å². The molecule has 0 aromatic heterocycles. The molecule has 0 bridgehead atoms. The normalized spacial score (nSPS) is 23.4. The van der Waals surface area contributed by atoms with Crippen molar-refractivity contribution in [3.8, 4) is 0 Å². The van der Waals surface area contributed by atoms with Crippen molar-refractivity contribution in [2.75, 3.05) is 6.54 Å². The highest BCUT2D eigenvalue weighted by molar-refractivity contribution is 6.30. The van der Waals surface area contributed by atoms with Gasteiger partial charge in [0.15, 0.2) is 6.10 Å². The van der Waals surface area contributed by atoms with Crippen LogP contribution in [0.1, 0.15) is 57.9 Å². The van der Waals surface area contributed by atoms with Crippen LogP contribution in [0.3, 0.4) is 0 Å². The fourth-order valence-corrected chi connectivity index (χ4v) is 5.20. The van der Waals surface area contributed by atoms with Crippen molar-refractivity contribution in [3.05, 3.63) is 34.9 Å². The van der Waals surface area contributed by atoms with E-state index in [4.69, 9.17) is 16.3 Å². The lowest BCUT2D eigenvalue weighted by Gasteiger charge is -2.25. The number of rotatable bonds is 11. The first-order chi connectivity index (χ1) is 16.7. The van der Waals surface area contributed by atoms with Crippen molar-refractivity contribution >= 4 is 35.8 Å². The van der Waals surface area contributed by atoms with Crippen molar-refractivity contribution < 1.29 is 23.9 Å². The Bertz CT molecular complexity index is 909. The lowest BCUT2D eigenvalue weighted by Crippen LogP contribution is -2.47. The van der Waals surface area contributed by atoms with E-state index < -0.39 is 24.1 Å². The first-order valence-electron chi connectivity index (χ1n) is 12.5. The summed E-state index contributed by atoms with van der Waals surface area (Å²) in [6.45, 7) is 4.43. The van der Waals surface area contributed by atoms with Crippen LogP contribution in [-0.4, -0.2) is 48.9 Å². The van der Waals surface area contributed by atoms with E-state index in [1.165, 1.54) is 0 Å². The quantitative estimate of drug-likeness (QED) is 0.399. The fourth-order valence-electron chi connectivity index (χ4n) is 4.99. The fraction of sp³-hybridized carbons (Fsp3) is 0.615. The Balaban J connectivity index is 1.56. The molecule has 2 aliphatic rings. The molecule has 0 spiro atoms. The average molecular weight is 506 g/mol. The molecule has 8 nitrogen and oxygen atoms in total. The molecule has 1 saturated heterocycles. The number of carbonyl (C=O) groups is 4. The van der Waals surface area contributed by atoms with E-state index in [1.54, 1.807) is 0 Å². The first-order valence-corrected chi connectivity index (χ1v) is 12.9. The highest BCUT2D eigenvalue weighted by Crippen LogP contribution is 2.29. The zero-order valence-corrected chi connectivity index (χ0v) is 21.2. The van der Waals surface area contributed by atoms with E-state index in [9.17, 15) is 19.2 Å². The van der Waals surface area contributed by atoms with Gasteiger partial charge in [-0.25, -0.2) is 4.79 Å². The third-order valence-electron chi connectivity index (χ3n) is 6.77. The Hall–Kier alpha value is -2.61. The van der Waals surface area contributed by atoms with Gasteiger partial charge in [-0.3, -0.25) is 9.59 Å². The predicted molar refractivity (Wildman–Crippen MR) is 133 cm³/mol. The molecule has 192 valence electrons. The average Bonchev–Trinajstić information content (AvgIpc) is 3.40. The zero-order valence-electron chi connectivity index (χ0n) is 20.4. The number of amides is 3. The van der Waals surface area contributed by atoms with Crippen LogP contribution in [0.5, 0.6) is 0 Å².